The van der Waals surface area contributed by atoms with Crippen molar-refractivity contribution in [2.24, 2.45) is 0 Å². The molecule has 3 aromatic rings. The van der Waals surface area contributed by atoms with Crippen LogP contribution in [0.2, 0.25) is 5.02 Å². The molecular weight excluding hydrogens is 412 g/mol. The highest BCUT2D eigenvalue weighted by Gasteiger charge is 2.19. The summed E-state index contributed by atoms with van der Waals surface area (Å²) in [5.41, 5.74) is 2.89. The van der Waals surface area contributed by atoms with E-state index in [0.29, 0.717) is 32.0 Å². The van der Waals surface area contributed by atoms with Crippen molar-refractivity contribution in [2.75, 3.05) is 19.0 Å². The third kappa shape index (κ3) is 5.13. The van der Waals surface area contributed by atoms with Gasteiger partial charge in [0.2, 0.25) is 0 Å². The number of aromatic nitrogens is 1. The highest BCUT2D eigenvalue weighted by molar-refractivity contribution is 7.17. The van der Waals surface area contributed by atoms with Crippen LogP contribution in [0.25, 0.3) is 10.6 Å². The fourth-order valence-electron chi connectivity index (χ4n) is 2.60. The van der Waals surface area contributed by atoms with Gasteiger partial charge in [0.15, 0.2) is 6.61 Å². The summed E-state index contributed by atoms with van der Waals surface area (Å²) in [6.45, 7) is 3.22. The quantitative estimate of drug-likeness (QED) is 0.563. The summed E-state index contributed by atoms with van der Waals surface area (Å²) in [5.74, 6) is -0.518. The summed E-state index contributed by atoms with van der Waals surface area (Å²) in [7, 11) is 1.52. The maximum atomic E-state index is 12.4. The number of thiazole rings is 1. The number of ether oxygens (including phenoxy) is 2. The zero-order chi connectivity index (χ0) is 21.0. The second kappa shape index (κ2) is 9.07. The van der Waals surface area contributed by atoms with E-state index in [2.05, 4.69) is 10.3 Å². The molecule has 1 heterocycles. The number of nitrogens with zero attached hydrogens (tertiary/aromatic N) is 1. The second-order valence-corrected chi connectivity index (χ2v) is 7.70. The van der Waals surface area contributed by atoms with E-state index in [0.717, 1.165) is 11.1 Å². The summed E-state index contributed by atoms with van der Waals surface area (Å²) < 4.78 is 10.4. The molecule has 8 heteroatoms. The molecule has 29 heavy (non-hydrogen) atoms. The van der Waals surface area contributed by atoms with E-state index in [1.165, 1.54) is 18.4 Å². The molecule has 1 amide bonds. The minimum Gasteiger partial charge on any atom is -0.495 e. The molecule has 0 radical (unpaired) electrons. The topological polar surface area (TPSA) is 77.5 Å². The molecule has 2 aromatic carbocycles. The lowest BCUT2D eigenvalue weighted by Gasteiger charge is -2.11. The number of anilines is 1. The van der Waals surface area contributed by atoms with Crippen molar-refractivity contribution in [1.29, 1.82) is 0 Å². The first kappa shape index (κ1) is 20.8. The van der Waals surface area contributed by atoms with Crippen molar-refractivity contribution in [2.45, 2.75) is 13.8 Å². The van der Waals surface area contributed by atoms with E-state index in [1.54, 1.807) is 31.2 Å². The van der Waals surface area contributed by atoms with E-state index in [4.69, 9.17) is 21.1 Å². The number of nitrogens with one attached hydrogen (secondary N) is 1. The number of carbonyl (C=O) groups is 2. The van der Waals surface area contributed by atoms with Crippen molar-refractivity contribution in [3.05, 3.63) is 63.6 Å². The largest absolute Gasteiger partial charge is 0.495 e. The zero-order valence-electron chi connectivity index (χ0n) is 16.1. The van der Waals surface area contributed by atoms with Gasteiger partial charge in [-0.1, -0.05) is 29.8 Å². The summed E-state index contributed by atoms with van der Waals surface area (Å²) in [4.78, 5) is 29.4. The minimum absolute atomic E-state index is 0.357. The van der Waals surface area contributed by atoms with Crippen LogP contribution in [0.4, 0.5) is 5.69 Å². The van der Waals surface area contributed by atoms with Crippen molar-refractivity contribution < 1.29 is 19.1 Å². The Hall–Kier alpha value is -2.90. The summed E-state index contributed by atoms with van der Waals surface area (Å²) in [5, 5.41) is 4.00. The minimum atomic E-state index is -0.591. The van der Waals surface area contributed by atoms with Gasteiger partial charge in [-0.3, -0.25) is 4.79 Å². The third-order valence-corrected chi connectivity index (χ3v) is 5.48. The fourth-order valence-corrected chi connectivity index (χ4v) is 3.70. The first-order valence-electron chi connectivity index (χ1n) is 8.72. The lowest BCUT2D eigenvalue weighted by Crippen LogP contribution is -2.21. The molecule has 1 N–H and O–H groups in total. The van der Waals surface area contributed by atoms with Gasteiger partial charge < -0.3 is 14.8 Å². The number of esters is 1. The van der Waals surface area contributed by atoms with Gasteiger partial charge >= 0.3 is 5.97 Å². The molecule has 0 spiro atoms. The lowest BCUT2D eigenvalue weighted by molar-refractivity contribution is -0.119. The van der Waals surface area contributed by atoms with Crippen molar-refractivity contribution in [3.8, 4) is 16.3 Å². The van der Waals surface area contributed by atoms with E-state index in [-0.39, 0.29) is 0 Å². The van der Waals surface area contributed by atoms with Gasteiger partial charge in [0, 0.05) is 10.6 Å². The average Bonchev–Trinajstić information content (AvgIpc) is 3.08. The number of amides is 1. The van der Waals surface area contributed by atoms with Crippen LogP contribution in [0.1, 0.15) is 20.9 Å². The number of methoxy groups -OCH3 is 1. The molecule has 0 aliphatic heterocycles. The Labute approximate surface area is 177 Å². The average molecular weight is 431 g/mol. The smallest absolute Gasteiger partial charge is 0.350 e. The van der Waals surface area contributed by atoms with Gasteiger partial charge in [0.05, 0.1) is 18.5 Å². The number of hydrogen-bond acceptors (Lipinski definition) is 6. The van der Waals surface area contributed by atoms with Gasteiger partial charge in [-0.25, -0.2) is 9.78 Å². The Kier molecular flexibility index (Phi) is 6.51. The van der Waals surface area contributed by atoms with Crippen LogP contribution in [0, 0.1) is 13.8 Å². The molecule has 0 unspecified atom stereocenters. The maximum absolute atomic E-state index is 12.4. The van der Waals surface area contributed by atoms with Crippen LogP contribution in [0.3, 0.4) is 0 Å². The van der Waals surface area contributed by atoms with Crippen LogP contribution >= 0.6 is 22.9 Å². The van der Waals surface area contributed by atoms with Crippen molar-refractivity contribution >= 4 is 40.5 Å². The summed E-state index contributed by atoms with van der Waals surface area (Å²) in [6.07, 6.45) is 0. The molecule has 0 aliphatic carbocycles. The number of halogens is 1. The molecule has 0 saturated carbocycles. The number of benzene rings is 2. The van der Waals surface area contributed by atoms with Crippen LogP contribution in [0.15, 0.2) is 42.5 Å². The molecule has 0 saturated heterocycles. The first-order chi connectivity index (χ1) is 13.9. The lowest BCUT2D eigenvalue weighted by atomic mass is 10.2. The van der Waals surface area contributed by atoms with Crippen LogP contribution < -0.4 is 10.1 Å². The SMILES string of the molecule is COc1ccc(C)cc1NC(=O)COC(=O)c1sc(-c2ccc(Cl)cc2)nc1C. The zero-order valence-corrected chi connectivity index (χ0v) is 17.7. The van der Waals surface area contributed by atoms with Gasteiger partial charge in [0.1, 0.15) is 15.6 Å². The normalized spacial score (nSPS) is 10.5. The van der Waals surface area contributed by atoms with Crippen LogP contribution in [-0.4, -0.2) is 30.6 Å². The summed E-state index contributed by atoms with van der Waals surface area (Å²) >= 11 is 7.12. The third-order valence-electron chi connectivity index (χ3n) is 4.04. The Morgan fingerprint density at radius 3 is 2.55 bits per heavy atom. The first-order valence-corrected chi connectivity index (χ1v) is 9.92. The van der Waals surface area contributed by atoms with E-state index >= 15 is 0 Å². The highest BCUT2D eigenvalue weighted by Crippen LogP contribution is 2.29. The molecule has 0 atom stereocenters. The summed E-state index contributed by atoms with van der Waals surface area (Å²) in [6, 6.07) is 12.6. The van der Waals surface area contributed by atoms with E-state index in [1.807, 2.05) is 25.1 Å². The predicted octanol–water partition coefficient (Wildman–Crippen LogP) is 4.88. The second-order valence-electron chi connectivity index (χ2n) is 6.27. The Morgan fingerprint density at radius 1 is 1.14 bits per heavy atom. The van der Waals surface area contributed by atoms with Gasteiger partial charge in [0.25, 0.3) is 5.91 Å². The van der Waals surface area contributed by atoms with Crippen molar-refractivity contribution in [3.63, 3.8) is 0 Å². The molecule has 0 fully saturated rings. The number of rotatable bonds is 6. The molecule has 1 aromatic heterocycles. The maximum Gasteiger partial charge on any atom is 0.350 e. The molecule has 0 bridgehead atoms. The number of hydrogen-bond donors (Lipinski definition) is 1. The molecule has 150 valence electrons. The van der Waals surface area contributed by atoms with Gasteiger partial charge in [-0.2, -0.15) is 0 Å². The number of carbonyl (C=O) groups excluding carboxylic acids is 2. The van der Waals surface area contributed by atoms with Crippen LogP contribution in [0.5, 0.6) is 5.75 Å². The molecule has 0 aliphatic rings. The standard InChI is InChI=1S/C21H19ClN2O4S/c1-12-4-9-17(27-3)16(10-12)24-18(25)11-28-21(26)19-13(2)23-20(29-19)14-5-7-15(22)8-6-14/h4-10H,11H2,1-3H3,(H,24,25). The van der Waals surface area contributed by atoms with Crippen LogP contribution in [-0.2, 0) is 9.53 Å². The Bertz CT molecular complexity index is 1050. The number of aryl methyl sites for hydroxylation is 2. The Balaban J connectivity index is 1.64. The van der Waals surface area contributed by atoms with Gasteiger partial charge in [-0.05, 0) is 43.7 Å². The van der Waals surface area contributed by atoms with Gasteiger partial charge in [-0.15, -0.1) is 11.3 Å². The predicted molar refractivity (Wildman–Crippen MR) is 114 cm³/mol. The van der Waals surface area contributed by atoms with E-state index in [9.17, 15) is 9.59 Å². The van der Waals surface area contributed by atoms with E-state index < -0.39 is 18.5 Å². The molecular formula is C21H19ClN2O4S. The van der Waals surface area contributed by atoms with Crippen molar-refractivity contribution in [1.82, 2.24) is 4.98 Å². The fraction of sp³-hybridized carbons (Fsp3) is 0.190. The molecule has 3 rings (SSSR count). The molecule has 6 nitrogen and oxygen atoms in total. The highest BCUT2D eigenvalue weighted by atomic mass is 35.5. The monoisotopic (exact) mass is 430 g/mol. The Morgan fingerprint density at radius 2 is 1.86 bits per heavy atom.